The van der Waals surface area contributed by atoms with E-state index in [1.807, 2.05) is 6.07 Å². The number of phenolic OH excluding ortho intramolecular Hbond substituents is 2. The first kappa shape index (κ1) is 16.9. The van der Waals surface area contributed by atoms with E-state index in [1.165, 1.54) is 0 Å². The maximum atomic E-state index is 13.7. The smallest absolute Gasteiger partial charge is 0.169 e. The maximum absolute atomic E-state index is 13.7. The second kappa shape index (κ2) is 6.49. The van der Waals surface area contributed by atoms with Gasteiger partial charge in [0.05, 0.1) is 5.69 Å². The summed E-state index contributed by atoms with van der Waals surface area (Å²) in [5.41, 5.74) is 5.61. The van der Waals surface area contributed by atoms with Crippen molar-refractivity contribution in [2.75, 3.05) is 18.8 Å². The van der Waals surface area contributed by atoms with Crippen molar-refractivity contribution in [1.82, 2.24) is 15.3 Å². The maximum Gasteiger partial charge on any atom is 0.169 e. The van der Waals surface area contributed by atoms with Gasteiger partial charge in [-0.3, -0.25) is 0 Å². The van der Waals surface area contributed by atoms with Crippen LogP contribution < -0.4 is 11.1 Å². The van der Waals surface area contributed by atoms with Crippen LogP contribution in [0.15, 0.2) is 6.07 Å². The van der Waals surface area contributed by atoms with E-state index in [9.17, 15) is 24.3 Å². The number of nitrogens with zero attached hydrogens (tertiary/aromatic N) is 3. The molecule has 0 spiro atoms. The molecule has 1 aliphatic heterocycles. The van der Waals surface area contributed by atoms with Gasteiger partial charge in [0.15, 0.2) is 29.0 Å². The fourth-order valence-corrected chi connectivity index (χ4v) is 2.91. The monoisotopic (exact) mass is 347 g/mol. The molecule has 25 heavy (non-hydrogen) atoms. The van der Waals surface area contributed by atoms with E-state index in [4.69, 9.17) is 5.73 Å². The second-order valence-electron chi connectivity index (χ2n) is 5.76. The van der Waals surface area contributed by atoms with Gasteiger partial charge in [-0.15, -0.1) is 0 Å². The Hall–Kier alpha value is -2.99. The Kier molecular flexibility index (Phi) is 4.37. The van der Waals surface area contributed by atoms with Crippen LogP contribution in [0.25, 0.3) is 11.4 Å². The fraction of sp³-hybridized carbons (Fsp3) is 0.312. The van der Waals surface area contributed by atoms with Gasteiger partial charge in [-0.05, 0) is 19.4 Å². The number of nitrogens with one attached hydrogen (secondary N) is 1. The Balaban J connectivity index is 2.23. The van der Waals surface area contributed by atoms with Crippen LogP contribution in [-0.2, 0) is 0 Å². The van der Waals surface area contributed by atoms with Gasteiger partial charge in [0.1, 0.15) is 23.0 Å². The molecule has 9 heteroatoms. The van der Waals surface area contributed by atoms with Gasteiger partial charge >= 0.3 is 0 Å². The number of nitriles is 1. The third-order valence-electron chi connectivity index (χ3n) is 4.16. The lowest BCUT2D eigenvalue weighted by Gasteiger charge is -2.23. The molecule has 1 aliphatic rings. The van der Waals surface area contributed by atoms with E-state index >= 15 is 0 Å². The average molecular weight is 347 g/mol. The van der Waals surface area contributed by atoms with Crippen molar-refractivity contribution >= 4 is 5.82 Å². The highest BCUT2D eigenvalue weighted by atomic mass is 19.1. The molecule has 130 valence electrons. The standard InChI is InChI=1S/C16H15F2N5O2/c17-9-4-10(18)14(25)11(13(9)24)16-22-12(7-2-1-3-21-6-7)8(5-19)15(20)23-16/h4,7,21,24-25H,1-3,6H2,(H2,20,22,23). The third-order valence-corrected chi connectivity index (χ3v) is 4.16. The first-order chi connectivity index (χ1) is 11.9. The predicted octanol–water partition coefficient (Wildman–Crippen LogP) is 1.75. The van der Waals surface area contributed by atoms with Gasteiger partial charge in [-0.1, -0.05) is 0 Å². The van der Waals surface area contributed by atoms with E-state index < -0.39 is 28.7 Å². The zero-order chi connectivity index (χ0) is 18.1. The molecule has 1 unspecified atom stereocenters. The van der Waals surface area contributed by atoms with Crippen LogP contribution in [0, 0.1) is 23.0 Å². The Bertz CT molecular complexity index is 850. The van der Waals surface area contributed by atoms with Gasteiger partial charge in [0, 0.05) is 18.5 Å². The predicted molar refractivity (Wildman–Crippen MR) is 84.7 cm³/mol. The zero-order valence-corrected chi connectivity index (χ0v) is 13.1. The minimum absolute atomic E-state index is 0.0771. The summed E-state index contributed by atoms with van der Waals surface area (Å²) >= 11 is 0. The number of anilines is 1. The normalized spacial score (nSPS) is 17.2. The van der Waals surface area contributed by atoms with Crippen molar-refractivity contribution in [2.24, 2.45) is 0 Å². The summed E-state index contributed by atoms with van der Waals surface area (Å²) in [7, 11) is 0. The lowest BCUT2D eigenvalue weighted by atomic mass is 9.93. The highest BCUT2D eigenvalue weighted by molar-refractivity contribution is 5.73. The van der Waals surface area contributed by atoms with Crippen LogP contribution in [0.5, 0.6) is 11.5 Å². The number of benzene rings is 1. The van der Waals surface area contributed by atoms with Crippen LogP contribution in [0.3, 0.4) is 0 Å². The van der Waals surface area contributed by atoms with Gasteiger partial charge in [0.25, 0.3) is 0 Å². The summed E-state index contributed by atoms with van der Waals surface area (Å²) in [5, 5.41) is 32.3. The Morgan fingerprint density at radius 1 is 1.24 bits per heavy atom. The molecule has 0 aliphatic carbocycles. The van der Waals surface area contributed by atoms with Crippen molar-refractivity contribution in [3.8, 4) is 29.0 Å². The Morgan fingerprint density at radius 2 is 1.92 bits per heavy atom. The first-order valence-electron chi connectivity index (χ1n) is 7.62. The number of piperidine rings is 1. The van der Waals surface area contributed by atoms with Gasteiger partial charge < -0.3 is 21.3 Å². The summed E-state index contributed by atoms with van der Waals surface area (Å²) < 4.78 is 27.3. The summed E-state index contributed by atoms with van der Waals surface area (Å²) in [4.78, 5) is 8.04. The molecule has 1 saturated heterocycles. The van der Waals surface area contributed by atoms with E-state index in [2.05, 4.69) is 15.3 Å². The first-order valence-corrected chi connectivity index (χ1v) is 7.62. The summed E-state index contributed by atoms with van der Waals surface area (Å²) in [6, 6.07) is 2.30. The number of aromatic nitrogens is 2. The Morgan fingerprint density at radius 3 is 2.48 bits per heavy atom. The molecule has 3 rings (SSSR count). The van der Waals surface area contributed by atoms with Crippen LogP contribution in [0.1, 0.15) is 30.0 Å². The third kappa shape index (κ3) is 2.92. The number of halogens is 2. The molecule has 1 aromatic carbocycles. The van der Waals surface area contributed by atoms with E-state index in [1.54, 1.807) is 0 Å². The number of hydrogen-bond acceptors (Lipinski definition) is 7. The number of nitrogen functional groups attached to an aromatic ring is 1. The van der Waals surface area contributed by atoms with Gasteiger partial charge in [0.2, 0.25) is 0 Å². The number of hydrogen-bond donors (Lipinski definition) is 4. The van der Waals surface area contributed by atoms with Crippen LogP contribution in [-0.4, -0.2) is 33.3 Å². The summed E-state index contributed by atoms with van der Waals surface area (Å²) in [5.74, 6) is -5.18. The summed E-state index contributed by atoms with van der Waals surface area (Å²) in [6.07, 6.45) is 1.60. The van der Waals surface area contributed by atoms with Crippen molar-refractivity contribution in [2.45, 2.75) is 18.8 Å². The SMILES string of the molecule is N#Cc1c(N)nc(-c2c(O)c(F)cc(F)c2O)nc1C1CCCNC1. The number of nitrogens with two attached hydrogens (primary N) is 1. The highest BCUT2D eigenvalue weighted by Crippen LogP contribution is 2.40. The van der Waals surface area contributed by atoms with E-state index in [-0.39, 0.29) is 23.1 Å². The van der Waals surface area contributed by atoms with Crippen LogP contribution in [0.4, 0.5) is 14.6 Å². The lowest BCUT2D eigenvalue weighted by molar-refractivity contribution is 0.400. The number of phenols is 2. The second-order valence-corrected chi connectivity index (χ2v) is 5.76. The molecule has 1 aromatic heterocycles. The van der Waals surface area contributed by atoms with Crippen LogP contribution >= 0.6 is 0 Å². The molecular formula is C16H15F2N5O2. The molecule has 2 aromatic rings. The van der Waals surface area contributed by atoms with Crippen molar-refractivity contribution in [3.63, 3.8) is 0 Å². The highest BCUT2D eigenvalue weighted by Gasteiger charge is 2.27. The zero-order valence-electron chi connectivity index (χ0n) is 13.1. The van der Waals surface area contributed by atoms with Crippen LogP contribution in [0.2, 0.25) is 0 Å². The van der Waals surface area contributed by atoms with Crippen molar-refractivity contribution < 1.29 is 19.0 Å². The quantitative estimate of drug-likeness (QED) is 0.651. The average Bonchev–Trinajstić information content (AvgIpc) is 2.60. The molecule has 0 radical (unpaired) electrons. The molecule has 1 fully saturated rings. The number of aromatic hydroxyl groups is 2. The summed E-state index contributed by atoms with van der Waals surface area (Å²) in [6.45, 7) is 1.39. The molecule has 0 saturated carbocycles. The molecule has 2 heterocycles. The molecule has 0 bridgehead atoms. The molecule has 0 amide bonds. The van der Waals surface area contributed by atoms with E-state index in [0.29, 0.717) is 18.3 Å². The fourth-order valence-electron chi connectivity index (χ4n) is 2.91. The van der Waals surface area contributed by atoms with Crippen molar-refractivity contribution in [3.05, 3.63) is 29.0 Å². The molecule has 5 N–H and O–H groups in total. The molecular weight excluding hydrogens is 332 g/mol. The van der Waals surface area contributed by atoms with E-state index in [0.717, 1.165) is 19.4 Å². The topological polar surface area (TPSA) is 128 Å². The molecule has 1 atom stereocenters. The Labute approximate surface area is 141 Å². The van der Waals surface area contributed by atoms with Crippen molar-refractivity contribution in [1.29, 1.82) is 5.26 Å². The minimum atomic E-state index is -1.27. The minimum Gasteiger partial charge on any atom is -0.504 e. The number of rotatable bonds is 2. The van der Waals surface area contributed by atoms with Gasteiger partial charge in [-0.2, -0.15) is 5.26 Å². The largest absolute Gasteiger partial charge is 0.504 e. The molecule has 7 nitrogen and oxygen atoms in total. The lowest BCUT2D eigenvalue weighted by Crippen LogP contribution is -2.29. The van der Waals surface area contributed by atoms with Gasteiger partial charge in [-0.25, -0.2) is 18.7 Å².